The lowest BCUT2D eigenvalue weighted by Gasteiger charge is -2.04. The number of hydrogen-bond donors (Lipinski definition) is 2. The Bertz CT molecular complexity index is 971. The molecule has 0 unspecified atom stereocenters. The number of nitrogen functional groups attached to an aromatic ring is 1. The van der Waals surface area contributed by atoms with Gasteiger partial charge < -0.3 is 20.5 Å². The predicted octanol–water partition coefficient (Wildman–Crippen LogP) is 4.69. The summed E-state index contributed by atoms with van der Waals surface area (Å²) in [6.07, 6.45) is 0. The van der Waals surface area contributed by atoms with E-state index in [0.29, 0.717) is 32.6 Å². The molecule has 7 heteroatoms. The molecule has 3 aromatic rings. The number of carbonyl (C=O) groups excluding carboxylic acids is 1. The molecular formula is C18H13ClN2O3S. The van der Waals surface area contributed by atoms with Crippen molar-refractivity contribution in [3.8, 4) is 11.5 Å². The van der Waals surface area contributed by atoms with E-state index in [0.717, 1.165) is 10.7 Å². The number of carbonyl (C=O) groups is 1. The Morgan fingerprint density at radius 3 is 2.80 bits per heavy atom. The minimum absolute atomic E-state index is 0.149. The van der Waals surface area contributed by atoms with Crippen molar-refractivity contribution in [2.75, 3.05) is 17.8 Å². The number of rotatable bonds is 4. The Balaban J connectivity index is 1.59. The SMILES string of the molecule is Nc1cc(Nc2ccc3c(c2)OCO3)sc1C(=O)c1cccc(Cl)c1. The summed E-state index contributed by atoms with van der Waals surface area (Å²) in [5, 5.41) is 4.52. The lowest BCUT2D eigenvalue weighted by Crippen LogP contribution is -2.01. The number of ketones is 1. The molecule has 3 N–H and O–H groups in total. The van der Waals surface area contributed by atoms with Crippen LogP contribution in [0, 0.1) is 0 Å². The molecule has 4 rings (SSSR count). The first-order valence-corrected chi connectivity index (χ1v) is 8.66. The number of anilines is 3. The molecule has 0 spiro atoms. The van der Waals surface area contributed by atoms with Crippen LogP contribution in [0.25, 0.3) is 0 Å². The smallest absolute Gasteiger partial charge is 0.231 e. The summed E-state index contributed by atoms with van der Waals surface area (Å²) in [6.45, 7) is 0.225. The Labute approximate surface area is 152 Å². The zero-order valence-electron chi connectivity index (χ0n) is 12.9. The summed E-state index contributed by atoms with van der Waals surface area (Å²) in [5.41, 5.74) is 7.80. The van der Waals surface area contributed by atoms with Crippen molar-refractivity contribution in [1.29, 1.82) is 0 Å². The molecule has 0 saturated heterocycles. The maximum atomic E-state index is 12.6. The van der Waals surface area contributed by atoms with Crippen molar-refractivity contribution in [2.24, 2.45) is 0 Å². The molecule has 1 aromatic heterocycles. The largest absolute Gasteiger partial charge is 0.454 e. The van der Waals surface area contributed by atoms with Crippen LogP contribution in [0.5, 0.6) is 11.5 Å². The van der Waals surface area contributed by atoms with Gasteiger partial charge in [0.15, 0.2) is 11.5 Å². The van der Waals surface area contributed by atoms with E-state index in [9.17, 15) is 4.79 Å². The topological polar surface area (TPSA) is 73.6 Å². The molecule has 0 fully saturated rings. The van der Waals surface area contributed by atoms with Crippen LogP contribution < -0.4 is 20.5 Å². The summed E-state index contributed by atoms with van der Waals surface area (Å²) < 4.78 is 10.7. The molecule has 0 amide bonds. The van der Waals surface area contributed by atoms with E-state index in [1.54, 1.807) is 30.3 Å². The second kappa shape index (κ2) is 6.31. The van der Waals surface area contributed by atoms with E-state index in [2.05, 4.69) is 5.32 Å². The molecule has 25 heavy (non-hydrogen) atoms. The van der Waals surface area contributed by atoms with Gasteiger partial charge in [0.25, 0.3) is 0 Å². The third kappa shape index (κ3) is 3.14. The first-order valence-electron chi connectivity index (χ1n) is 7.46. The first kappa shape index (κ1) is 15.8. The predicted molar refractivity (Wildman–Crippen MR) is 99.5 cm³/mol. The first-order chi connectivity index (χ1) is 12.1. The zero-order chi connectivity index (χ0) is 17.4. The molecule has 1 aliphatic heterocycles. The molecule has 126 valence electrons. The highest BCUT2D eigenvalue weighted by molar-refractivity contribution is 7.18. The molecule has 0 aliphatic carbocycles. The second-order valence-electron chi connectivity index (χ2n) is 5.43. The van der Waals surface area contributed by atoms with Gasteiger partial charge in [-0.05, 0) is 30.3 Å². The third-order valence-corrected chi connectivity index (χ3v) is 4.99. The number of benzene rings is 2. The highest BCUT2D eigenvalue weighted by Gasteiger charge is 2.18. The molecule has 2 heterocycles. The Hall–Kier alpha value is -2.70. The number of fused-ring (bicyclic) bond motifs is 1. The average molecular weight is 373 g/mol. The second-order valence-corrected chi connectivity index (χ2v) is 6.92. The van der Waals surface area contributed by atoms with Crippen molar-refractivity contribution in [1.82, 2.24) is 0 Å². The standard InChI is InChI=1S/C18H13ClN2O3S/c19-11-3-1-2-10(6-11)17(22)18-13(20)8-16(25-18)21-12-4-5-14-15(7-12)24-9-23-14/h1-8,21H,9,20H2. The van der Waals surface area contributed by atoms with Gasteiger partial charge in [0.05, 0.1) is 10.7 Å². The van der Waals surface area contributed by atoms with Gasteiger partial charge in [0.2, 0.25) is 12.6 Å². The van der Waals surface area contributed by atoms with Gasteiger partial charge in [0, 0.05) is 22.3 Å². The van der Waals surface area contributed by atoms with Gasteiger partial charge in [-0.15, -0.1) is 11.3 Å². The highest BCUT2D eigenvalue weighted by atomic mass is 35.5. The van der Waals surface area contributed by atoms with Crippen molar-refractivity contribution in [3.63, 3.8) is 0 Å². The van der Waals surface area contributed by atoms with Crippen LogP contribution in [0.2, 0.25) is 5.02 Å². The zero-order valence-corrected chi connectivity index (χ0v) is 14.5. The maximum Gasteiger partial charge on any atom is 0.231 e. The summed E-state index contributed by atoms with van der Waals surface area (Å²) in [7, 11) is 0. The molecular weight excluding hydrogens is 360 g/mol. The van der Waals surface area contributed by atoms with Crippen LogP contribution in [0.1, 0.15) is 15.2 Å². The quantitative estimate of drug-likeness (QED) is 0.650. The number of halogens is 1. The molecule has 1 aliphatic rings. The van der Waals surface area contributed by atoms with Crippen LogP contribution in [0.3, 0.4) is 0 Å². The van der Waals surface area contributed by atoms with E-state index in [1.165, 1.54) is 11.3 Å². The van der Waals surface area contributed by atoms with E-state index in [4.69, 9.17) is 26.8 Å². The lowest BCUT2D eigenvalue weighted by molar-refractivity contribution is 0.104. The molecule has 2 aromatic carbocycles. The maximum absolute atomic E-state index is 12.6. The minimum Gasteiger partial charge on any atom is -0.454 e. The fraction of sp³-hybridized carbons (Fsp3) is 0.0556. The monoisotopic (exact) mass is 372 g/mol. The minimum atomic E-state index is -0.149. The number of hydrogen-bond acceptors (Lipinski definition) is 6. The number of nitrogens with one attached hydrogen (secondary N) is 1. The van der Waals surface area contributed by atoms with Gasteiger partial charge in [0.1, 0.15) is 4.88 Å². The summed E-state index contributed by atoms with van der Waals surface area (Å²) in [5.74, 6) is 1.25. The summed E-state index contributed by atoms with van der Waals surface area (Å²) in [4.78, 5) is 13.1. The Morgan fingerprint density at radius 1 is 1.12 bits per heavy atom. The van der Waals surface area contributed by atoms with Gasteiger partial charge in [-0.2, -0.15) is 0 Å². The molecule has 0 radical (unpaired) electrons. The van der Waals surface area contributed by atoms with Crippen molar-refractivity contribution >= 4 is 45.1 Å². The van der Waals surface area contributed by atoms with Crippen LogP contribution in [-0.2, 0) is 0 Å². The van der Waals surface area contributed by atoms with Gasteiger partial charge >= 0.3 is 0 Å². The van der Waals surface area contributed by atoms with Crippen LogP contribution in [-0.4, -0.2) is 12.6 Å². The summed E-state index contributed by atoms with van der Waals surface area (Å²) in [6, 6.07) is 14.1. The van der Waals surface area contributed by atoms with Crippen LogP contribution in [0.4, 0.5) is 16.4 Å². The van der Waals surface area contributed by atoms with Gasteiger partial charge in [-0.25, -0.2) is 0 Å². The lowest BCUT2D eigenvalue weighted by atomic mass is 10.1. The van der Waals surface area contributed by atoms with Crippen molar-refractivity contribution < 1.29 is 14.3 Å². The Morgan fingerprint density at radius 2 is 1.96 bits per heavy atom. The molecule has 0 bridgehead atoms. The van der Waals surface area contributed by atoms with E-state index in [1.807, 2.05) is 18.2 Å². The fourth-order valence-corrected chi connectivity index (χ4v) is 3.67. The summed E-state index contributed by atoms with van der Waals surface area (Å²) >= 11 is 7.26. The third-order valence-electron chi connectivity index (χ3n) is 3.69. The molecule has 0 saturated carbocycles. The van der Waals surface area contributed by atoms with E-state index in [-0.39, 0.29) is 12.6 Å². The molecule has 5 nitrogen and oxygen atoms in total. The molecule has 0 atom stereocenters. The van der Waals surface area contributed by atoms with E-state index < -0.39 is 0 Å². The Kier molecular flexibility index (Phi) is 3.99. The normalized spacial score (nSPS) is 12.2. The fourth-order valence-electron chi connectivity index (χ4n) is 2.52. The highest BCUT2D eigenvalue weighted by Crippen LogP contribution is 2.37. The number of thiophene rings is 1. The van der Waals surface area contributed by atoms with Crippen LogP contribution >= 0.6 is 22.9 Å². The number of nitrogens with two attached hydrogens (primary N) is 1. The average Bonchev–Trinajstić information content (AvgIpc) is 3.20. The van der Waals surface area contributed by atoms with Crippen LogP contribution in [0.15, 0.2) is 48.5 Å². The van der Waals surface area contributed by atoms with Crippen molar-refractivity contribution in [3.05, 3.63) is 64.0 Å². The number of ether oxygens (including phenoxy) is 2. The van der Waals surface area contributed by atoms with Crippen molar-refractivity contribution in [2.45, 2.75) is 0 Å². The van der Waals surface area contributed by atoms with Gasteiger partial charge in [-0.1, -0.05) is 23.7 Å². The van der Waals surface area contributed by atoms with E-state index >= 15 is 0 Å². The van der Waals surface area contributed by atoms with Gasteiger partial charge in [-0.3, -0.25) is 4.79 Å².